The number of ether oxygens (including phenoxy) is 1. The lowest BCUT2D eigenvalue weighted by molar-refractivity contribution is 0.303. The molecule has 0 bridgehead atoms. The van der Waals surface area contributed by atoms with Crippen molar-refractivity contribution in [3.63, 3.8) is 0 Å². The summed E-state index contributed by atoms with van der Waals surface area (Å²) < 4.78 is 31.4. The van der Waals surface area contributed by atoms with Crippen LogP contribution < -0.4 is 10.5 Å². The highest BCUT2D eigenvalue weighted by atomic mass is 19.2. The Morgan fingerprint density at radius 2 is 2.00 bits per heavy atom. The molecule has 1 atom stereocenters. The quantitative estimate of drug-likeness (QED) is 0.889. The molecule has 1 unspecified atom stereocenters. The van der Waals surface area contributed by atoms with Crippen LogP contribution in [0.25, 0.3) is 0 Å². The first kappa shape index (κ1) is 15.4. The SMILES string of the molecule is CCC(N)Cc1ccc(OCc2ccc(F)c(F)c2)cn1. The predicted molar refractivity (Wildman–Crippen MR) is 76.9 cm³/mol. The molecule has 3 nitrogen and oxygen atoms in total. The van der Waals surface area contributed by atoms with Crippen LogP contribution in [0.3, 0.4) is 0 Å². The maximum Gasteiger partial charge on any atom is 0.159 e. The van der Waals surface area contributed by atoms with Gasteiger partial charge in [-0.2, -0.15) is 0 Å². The van der Waals surface area contributed by atoms with Crippen LogP contribution in [0.5, 0.6) is 5.75 Å². The van der Waals surface area contributed by atoms with Gasteiger partial charge in [-0.25, -0.2) is 8.78 Å². The summed E-state index contributed by atoms with van der Waals surface area (Å²) in [5.74, 6) is -1.16. The summed E-state index contributed by atoms with van der Waals surface area (Å²) >= 11 is 0. The highest BCUT2D eigenvalue weighted by Crippen LogP contribution is 2.14. The number of rotatable bonds is 6. The van der Waals surface area contributed by atoms with E-state index in [4.69, 9.17) is 10.5 Å². The van der Waals surface area contributed by atoms with E-state index < -0.39 is 11.6 Å². The number of nitrogens with two attached hydrogens (primary N) is 1. The lowest BCUT2D eigenvalue weighted by Crippen LogP contribution is -2.21. The summed E-state index contributed by atoms with van der Waals surface area (Å²) in [6.45, 7) is 2.19. The summed E-state index contributed by atoms with van der Waals surface area (Å²) in [4.78, 5) is 4.27. The van der Waals surface area contributed by atoms with Gasteiger partial charge in [-0.15, -0.1) is 0 Å². The molecule has 0 aliphatic heterocycles. The van der Waals surface area contributed by atoms with Crippen LogP contribution in [0.2, 0.25) is 0 Å². The van der Waals surface area contributed by atoms with Gasteiger partial charge in [-0.1, -0.05) is 13.0 Å². The lowest BCUT2D eigenvalue weighted by atomic mass is 10.1. The molecule has 0 saturated carbocycles. The molecule has 21 heavy (non-hydrogen) atoms. The van der Waals surface area contributed by atoms with Gasteiger partial charge in [0, 0.05) is 18.2 Å². The number of nitrogens with zero attached hydrogens (tertiary/aromatic N) is 1. The molecule has 0 radical (unpaired) electrons. The Morgan fingerprint density at radius 1 is 1.19 bits per heavy atom. The van der Waals surface area contributed by atoms with Crippen molar-refractivity contribution in [3.8, 4) is 5.75 Å². The molecule has 1 aromatic carbocycles. The molecule has 112 valence electrons. The zero-order valence-electron chi connectivity index (χ0n) is 11.9. The fraction of sp³-hybridized carbons (Fsp3) is 0.312. The molecule has 2 rings (SSSR count). The van der Waals surface area contributed by atoms with E-state index in [0.717, 1.165) is 30.7 Å². The van der Waals surface area contributed by atoms with Crippen LogP contribution in [0.4, 0.5) is 8.78 Å². The molecule has 1 aromatic heterocycles. The van der Waals surface area contributed by atoms with Crippen molar-refractivity contribution >= 4 is 0 Å². The number of pyridine rings is 1. The van der Waals surface area contributed by atoms with Crippen molar-refractivity contribution in [2.75, 3.05) is 0 Å². The van der Waals surface area contributed by atoms with Gasteiger partial charge >= 0.3 is 0 Å². The third kappa shape index (κ3) is 4.49. The van der Waals surface area contributed by atoms with E-state index in [0.29, 0.717) is 11.3 Å². The number of halogens is 2. The summed E-state index contributed by atoms with van der Waals surface area (Å²) in [6, 6.07) is 7.45. The van der Waals surface area contributed by atoms with Gasteiger partial charge in [0.05, 0.1) is 6.20 Å². The molecule has 0 aliphatic carbocycles. The van der Waals surface area contributed by atoms with E-state index in [2.05, 4.69) is 4.98 Å². The number of hydrogen-bond acceptors (Lipinski definition) is 3. The molecular weight excluding hydrogens is 274 g/mol. The van der Waals surface area contributed by atoms with Gasteiger partial charge in [0.25, 0.3) is 0 Å². The van der Waals surface area contributed by atoms with E-state index in [1.54, 1.807) is 12.3 Å². The van der Waals surface area contributed by atoms with Crippen molar-refractivity contribution in [1.82, 2.24) is 4.98 Å². The molecule has 1 heterocycles. The third-order valence-corrected chi connectivity index (χ3v) is 3.18. The largest absolute Gasteiger partial charge is 0.487 e. The van der Waals surface area contributed by atoms with Gasteiger partial charge in [0.15, 0.2) is 11.6 Å². The summed E-state index contributed by atoms with van der Waals surface area (Å²) in [5.41, 5.74) is 7.33. The second-order valence-electron chi connectivity index (χ2n) is 4.89. The van der Waals surface area contributed by atoms with Crippen LogP contribution in [0, 0.1) is 11.6 Å². The van der Waals surface area contributed by atoms with Gasteiger partial charge < -0.3 is 10.5 Å². The Kier molecular flexibility index (Phi) is 5.22. The molecule has 2 N–H and O–H groups in total. The fourth-order valence-corrected chi connectivity index (χ4v) is 1.83. The molecular formula is C16H18F2N2O. The fourth-order valence-electron chi connectivity index (χ4n) is 1.83. The first-order valence-corrected chi connectivity index (χ1v) is 6.85. The summed E-state index contributed by atoms with van der Waals surface area (Å²) in [6.07, 6.45) is 3.23. The minimum Gasteiger partial charge on any atom is -0.487 e. The van der Waals surface area contributed by atoms with Gasteiger partial charge in [0.1, 0.15) is 12.4 Å². The average molecular weight is 292 g/mol. The van der Waals surface area contributed by atoms with E-state index in [-0.39, 0.29) is 12.6 Å². The van der Waals surface area contributed by atoms with Crippen LogP contribution >= 0.6 is 0 Å². The van der Waals surface area contributed by atoms with Crippen LogP contribution in [0.1, 0.15) is 24.6 Å². The topological polar surface area (TPSA) is 48.1 Å². The normalized spacial score (nSPS) is 12.2. The van der Waals surface area contributed by atoms with E-state index >= 15 is 0 Å². The number of benzene rings is 1. The first-order valence-electron chi connectivity index (χ1n) is 6.85. The highest BCUT2D eigenvalue weighted by molar-refractivity contribution is 5.22. The zero-order chi connectivity index (χ0) is 15.2. The third-order valence-electron chi connectivity index (χ3n) is 3.18. The van der Waals surface area contributed by atoms with Crippen LogP contribution in [-0.4, -0.2) is 11.0 Å². The Morgan fingerprint density at radius 3 is 2.62 bits per heavy atom. The molecule has 0 spiro atoms. The first-order chi connectivity index (χ1) is 10.1. The molecule has 5 heteroatoms. The second-order valence-corrected chi connectivity index (χ2v) is 4.89. The molecule has 0 fully saturated rings. The van der Waals surface area contributed by atoms with Crippen LogP contribution in [0.15, 0.2) is 36.5 Å². The maximum atomic E-state index is 13.1. The van der Waals surface area contributed by atoms with Crippen molar-refractivity contribution in [2.24, 2.45) is 5.73 Å². The Hall–Kier alpha value is -2.01. The minimum absolute atomic E-state index is 0.103. The van der Waals surface area contributed by atoms with Gasteiger partial charge in [-0.05, 0) is 36.2 Å². The summed E-state index contributed by atoms with van der Waals surface area (Å²) in [7, 11) is 0. The number of hydrogen-bond donors (Lipinski definition) is 1. The standard InChI is InChI=1S/C16H18F2N2O/c1-2-12(19)8-13-4-5-14(9-20-13)21-10-11-3-6-15(17)16(18)7-11/h3-7,9,12H,2,8,10,19H2,1H3. The van der Waals surface area contributed by atoms with Crippen molar-refractivity contribution in [2.45, 2.75) is 32.4 Å². The zero-order valence-corrected chi connectivity index (χ0v) is 11.9. The van der Waals surface area contributed by atoms with Crippen molar-refractivity contribution in [1.29, 1.82) is 0 Å². The minimum atomic E-state index is -0.877. The Bertz CT molecular complexity index is 587. The molecule has 0 aliphatic rings. The molecule has 2 aromatic rings. The molecule has 0 amide bonds. The summed E-state index contributed by atoms with van der Waals surface area (Å²) in [5, 5.41) is 0. The van der Waals surface area contributed by atoms with Crippen molar-refractivity contribution < 1.29 is 13.5 Å². The number of aromatic nitrogens is 1. The van der Waals surface area contributed by atoms with E-state index in [1.807, 2.05) is 13.0 Å². The Balaban J connectivity index is 1.92. The lowest BCUT2D eigenvalue weighted by Gasteiger charge is -2.09. The average Bonchev–Trinajstić information content (AvgIpc) is 2.50. The molecule has 0 saturated heterocycles. The van der Waals surface area contributed by atoms with Crippen molar-refractivity contribution in [3.05, 3.63) is 59.4 Å². The van der Waals surface area contributed by atoms with Crippen LogP contribution in [-0.2, 0) is 13.0 Å². The predicted octanol–water partition coefficient (Wildman–Crippen LogP) is 3.22. The maximum absolute atomic E-state index is 13.1. The second kappa shape index (κ2) is 7.13. The smallest absolute Gasteiger partial charge is 0.159 e. The van der Waals surface area contributed by atoms with E-state index in [1.165, 1.54) is 6.07 Å². The van der Waals surface area contributed by atoms with E-state index in [9.17, 15) is 8.78 Å². The Labute approximate surface area is 122 Å². The van der Waals surface area contributed by atoms with Gasteiger partial charge in [0.2, 0.25) is 0 Å². The highest BCUT2D eigenvalue weighted by Gasteiger charge is 2.05. The monoisotopic (exact) mass is 292 g/mol. The van der Waals surface area contributed by atoms with Gasteiger partial charge in [-0.3, -0.25) is 4.98 Å².